The predicted octanol–water partition coefficient (Wildman–Crippen LogP) is 0.664. The molecule has 0 aliphatic carbocycles. The van der Waals surface area contributed by atoms with Crippen molar-refractivity contribution in [3.8, 4) is 12.1 Å². The number of carbonyl (C=O) groups is 2. The third kappa shape index (κ3) is 4.18. The summed E-state index contributed by atoms with van der Waals surface area (Å²) in [6.45, 7) is 2.55. The van der Waals surface area contributed by atoms with Gasteiger partial charge in [0.05, 0.1) is 24.0 Å². The van der Waals surface area contributed by atoms with Crippen LogP contribution in [0.3, 0.4) is 0 Å². The molecule has 18 heavy (non-hydrogen) atoms. The minimum atomic E-state index is -1.25. The Morgan fingerprint density at radius 2 is 1.22 bits per heavy atom. The number of nitrogens with zero attached hydrogens (tertiary/aromatic N) is 4. The third-order valence-corrected chi connectivity index (χ3v) is 2.31. The second-order valence-electron chi connectivity index (χ2n) is 3.63. The van der Waals surface area contributed by atoms with Gasteiger partial charge in [-0.15, -0.1) is 0 Å². The van der Waals surface area contributed by atoms with Crippen LogP contribution in [-0.2, 0) is 9.59 Å². The maximum Gasteiger partial charge on any atom is 0.309 e. The van der Waals surface area contributed by atoms with Crippen molar-refractivity contribution in [3.05, 3.63) is 0 Å². The van der Waals surface area contributed by atoms with Gasteiger partial charge in [0.1, 0.15) is 0 Å². The molecule has 0 rings (SSSR count). The summed E-state index contributed by atoms with van der Waals surface area (Å²) < 4.78 is 0. The van der Waals surface area contributed by atoms with Crippen molar-refractivity contribution in [2.45, 2.75) is 25.9 Å². The Bertz CT molecular complexity index is 394. The molecular weight excluding hydrogens is 240 g/mol. The van der Waals surface area contributed by atoms with Crippen molar-refractivity contribution in [1.29, 1.82) is 10.5 Å². The smallest absolute Gasteiger partial charge is 0.309 e. The third-order valence-electron chi connectivity index (χ3n) is 2.31. The molecule has 8 nitrogen and oxygen atoms in total. The van der Waals surface area contributed by atoms with E-state index in [1.54, 1.807) is 12.1 Å². The molecule has 0 aromatic heterocycles. The van der Waals surface area contributed by atoms with Crippen molar-refractivity contribution < 1.29 is 19.8 Å². The fraction of sp³-hybridized carbons (Fsp3) is 0.600. The average Bonchev–Trinajstić information content (AvgIpc) is 2.33. The highest BCUT2D eigenvalue weighted by Gasteiger charge is 2.26. The normalized spacial score (nSPS) is 17.1. The van der Waals surface area contributed by atoms with E-state index in [-0.39, 0.29) is 0 Å². The zero-order chi connectivity index (χ0) is 14.3. The Labute approximate surface area is 103 Å². The number of nitriles is 2. The lowest BCUT2D eigenvalue weighted by atomic mass is 10.0. The first-order valence-electron chi connectivity index (χ1n) is 5.00. The number of hydrogen-bond acceptors (Lipinski definition) is 6. The number of carboxylic acids is 2. The molecule has 0 amide bonds. The van der Waals surface area contributed by atoms with Crippen LogP contribution in [-0.4, -0.2) is 34.2 Å². The fourth-order valence-electron chi connectivity index (χ4n) is 0.889. The first kappa shape index (κ1) is 15.5. The highest BCUT2D eigenvalue weighted by Crippen LogP contribution is 2.12. The van der Waals surface area contributed by atoms with Crippen LogP contribution < -0.4 is 0 Å². The van der Waals surface area contributed by atoms with Gasteiger partial charge in [0.2, 0.25) is 0 Å². The van der Waals surface area contributed by atoms with Crippen LogP contribution in [0.15, 0.2) is 10.2 Å². The van der Waals surface area contributed by atoms with Gasteiger partial charge in [-0.2, -0.15) is 20.8 Å². The van der Waals surface area contributed by atoms with Crippen LogP contribution in [0.1, 0.15) is 13.8 Å². The summed E-state index contributed by atoms with van der Waals surface area (Å²) in [6.07, 6.45) is 0. The molecule has 0 saturated carbocycles. The van der Waals surface area contributed by atoms with Gasteiger partial charge in [0, 0.05) is 0 Å². The predicted molar refractivity (Wildman–Crippen MR) is 57.3 cm³/mol. The van der Waals surface area contributed by atoms with Crippen LogP contribution in [0.25, 0.3) is 0 Å². The molecule has 0 bridgehead atoms. The minimum Gasteiger partial charge on any atom is -0.481 e. The van der Waals surface area contributed by atoms with E-state index in [0.717, 1.165) is 0 Å². The van der Waals surface area contributed by atoms with Crippen LogP contribution in [0.4, 0.5) is 0 Å². The first-order chi connectivity index (χ1) is 8.34. The quantitative estimate of drug-likeness (QED) is 0.663. The lowest BCUT2D eigenvalue weighted by molar-refractivity contribution is -0.142. The molecule has 4 atom stereocenters. The Kier molecular flexibility index (Phi) is 6.01. The van der Waals surface area contributed by atoms with Gasteiger partial charge in [-0.25, -0.2) is 0 Å². The summed E-state index contributed by atoms with van der Waals surface area (Å²) in [5, 5.41) is 41.7. The largest absolute Gasteiger partial charge is 0.481 e. The summed E-state index contributed by atoms with van der Waals surface area (Å²) in [6, 6.07) is 0.764. The maximum absolute atomic E-state index is 10.6. The number of carboxylic acid groups (broad SMARTS) is 2. The summed E-state index contributed by atoms with van der Waals surface area (Å²) in [7, 11) is 0. The van der Waals surface area contributed by atoms with Crippen LogP contribution in [0.5, 0.6) is 0 Å². The van der Waals surface area contributed by atoms with Crippen LogP contribution in [0, 0.1) is 34.5 Å². The van der Waals surface area contributed by atoms with Gasteiger partial charge >= 0.3 is 11.9 Å². The van der Waals surface area contributed by atoms with Crippen LogP contribution in [0.2, 0.25) is 0 Å². The van der Waals surface area contributed by atoms with Crippen molar-refractivity contribution in [2.24, 2.45) is 22.1 Å². The van der Waals surface area contributed by atoms with Gasteiger partial charge in [0.25, 0.3) is 0 Å². The van der Waals surface area contributed by atoms with E-state index in [0.29, 0.717) is 0 Å². The molecule has 0 spiro atoms. The van der Waals surface area contributed by atoms with Crippen molar-refractivity contribution >= 4 is 11.9 Å². The molecule has 96 valence electrons. The molecule has 0 saturated heterocycles. The van der Waals surface area contributed by atoms with Crippen LogP contribution >= 0.6 is 0 Å². The molecule has 8 heteroatoms. The zero-order valence-electron chi connectivity index (χ0n) is 9.81. The zero-order valence-corrected chi connectivity index (χ0v) is 9.81. The van der Waals surface area contributed by atoms with Gasteiger partial charge < -0.3 is 10.2 Å². The Hall–Kier alpha value is -2.48. The summed E-state index contributed by atoms with van der Waals surface area (Å²) in [4.78, 5) is 21.3. The molecule has 0 aromatic carbocycles. The van der Waals surface area contributed by atoms with Crippen molar-refractivity contribution in [2.75, 3.05) is 0 Å². The molecule has 0 aromatic rings. The van der Waals surface area contributed by atoms with E-state index in [1.807, 2.05) is 0 Å². The minimum absolute atomic E-state index is 1.08. The highest BCUT2D eigenvalue weighted by atomic mass is 16.4. The van der Waals surface area contributed by atoms with Gasteiger partial charge in [0.15, 0.2) is 12.1 Å². The fourth-order valence-corrected chi connectivity index (χ4v) is 0.889. The van der Waals surface area contributed by atoms with E-state index in [9.17, 15) is 9.59 Å². The molecule has 0 heterocycles. The first-order valence-corrected chi connectivity index (χ1v) is 5.00. The molecule has 0 aliphatic heterocycles. The van der Waals surface area contributed by atoms with Crippen molar-refractivity contribution in [3.63, 3.8) is 0 Å². The van der Waals surface area contributed by atoms with E-state index >= 15 is 0 Å². The molecule has 0 fully saturated rings. The SMILES string of the molecule is CC(C(=O)O)C(C#N)N=NC(C#N)C(C)C(=O)O. The molecule has 2 N–H and O–H groups in total. The van der Waals surface area contributed by atoms with Crippen molar-refractivity contribution in [1.82, 2.24) is 0 Å². The number of rotatable bonds is 6. The Morgan fingerprint density at radius 1 is 0.944 bits per heavy atom. The second kappa shape index (κ2) is 6.97. The standard InChI is InChI=1S/C10H12N4O4/c1-5(9(15)16)7(3-11)13-14-8(4-12)6(2)10(17)18/h5-8H,1-2H3,(H,15,16)(H,17,18). The Balaban J connectivity index is 4.89. The maximum atomic E-state index is 10.6. The molecule has 0 radical (unpaired) electrons. The van der Waals surface area contributed by atoms with Gasteiger partial charge in [-0.1, -0.05) is 0 Å². The van der Waals surface area contributed by atoms with Gasteiger partial charge in [-0.05, 0) is 13.8 Å². The lowest BCUT2D eigenvalue weighted by Gasteiger charge is -2.10. The van der Waals surface area contributed by atoms with E-state index in [4.69, 9.17) is 20.7 Å². The summed E-state index contributed by atoms with van der Waals surface area (Å²) in [5.74, 6) is -4.61. The Morgan fingerprint density at radius 3 is 1.39 bits per heavy atom. The monoisotopic (exact) mass is 252 g/mol. The number of hydrogen-bond donors (Lipinski definition) is 2. The number of azo groups is 1. The van der Waals surface area contributed by atoms with E-state index in [2.05, 4.69) is 10.2 Å². The topological polar surface area (TPSA) is 147 Å². The second-order valence-corrected chi connectivity index (χ2v) is 3.63. The van der Waals surface area contributed by atoms with E-state index < -0.39 is 35.9 Å². The van der Waals surface area contributed by atoms with Gasteiger partial charge in [-0.3, -0.25) is 9.59 Å². The summed E-state index contributed by atoms with van der Waals surface area (Å²) in [5.41, 5.74) is 0. The number of aliphatic carboxylic acids is 2. The lowest BCUT2D eigenvalue weighted by Crippen LogP contribution is -2.25. The molecule has 0 aliphatic rings. The highest BCUT2D eigenvalue weighted by molar-refractivity contribution is 5.71. The molecule has 4 unspecified atom stereocenters. The molecular formula is C10H12N4O4. The van der Waals surface area contributed by atoms with E-state index in [1.165, 1.54) is 13.8 Å². The summed E-state index contributed by atoms with van der Waals surface area (Å²) >= 11 is 0. The average molecular weight is 252 g/mol.